The molecule has 0 spiro atoms. The Hall–Kier alpha value is -1.18. The molecule has 1 aromatic rings. The predicted molar refractivity (Wildman–Crippen MR) is 57.4 cm³/mol. The highest BCUT2D eigenvalue weighted by atomic mass is 16.1. The van der Waals surface area contributed by atoms with Crippen molar-refractivity contribution in [3.05, 3.63) is 29.6 Å². The van der Waals surface area contributed by atoms with Crippen molar-refractivity contribution in [3.63, 3.8) is 0 Å². The van der Waals surface area contributed by atoms with Crippen LogP contribution in [-0.2, 0) is 0 Å². The van der Waals surface area contributed by atoms with E-state index in [4.69, 9.17) is 0 Å². The van der Waals surface area contributed by atoms with Gasteiger partial charge in [-0.25, -0.2) is 0 Å². The van der Waals surface area contributed by atoms with Crippen LogP contribution in [0.5, 0.6) is 0 Å². The van der Waals surface area contributed by atoms with Crippen LogP contribution in [0.2, 0.25) is 0 Å². The summed E-state index contributed by atoms with van der Waals surface area (Å²) in [5.74, 6) is 0.781. The van der Waals surface area contributed by atoms with Gasteiger partial charge in [-0.15, -0.1) is 0 Å². The molecule has 14 heavy (non-hydrogen) atoms. The molecule has 0 atom stereocenters. The Bertz CT molecular complexity index is 301. The van der Waals surface area contributed by atoms with Crippen LogP contribution in [0.3, 0.4) is 0 Å². The number of aryl methyl sites for hydroxylation is 1. The van der Waals surface area contributed by atoms with Crippen molar-refractivity contribution < 1.29 is 4.79 Å². The summed E-state index contributed by atoms with van der Waals surface area (Å²) in [6, 6.07) is 3.73. The molecule has 0 aliphatic heterocycles. The maximum atomic E-state index is 11.6. The lowest BCUT2D eigenvalue weighted by Crippen LogP contribution is -2.02. The summed E-state index contributed by atoms with van der Waals surface area (Å²) in [7, 11) is 0. The summed E-state index contributed by atoms with van der Waals surface area (Å²) in [6.07, 6.45) is 3.24. The minimum absolute atomic E-state index is 0.200. The minimum Gasteiger partial charge on any atom is -0.294 e. The molecular weight excluding hydrogens is 174 g/mol. The molecule has 0 aliphatic carbocycles. The van der Waals surface area contributed by atoms with E-state index in [-0.39, 0.29) is 5.78 Å². The molecular formula is C12H17NO. The van der Waals surface area contributed by atoms with Gasteiger partial charge in [0.1, 0.15) is 0 Å². The van der Waals surface area contributed by atoms with Crippen LogP contribution in [0.15, 0.2) is 18.3 Å². The topological polar surface area (TPSA) is 30.0 Å². The fraction of sp³-hybridized carbons (Fsp3) is 0.500. The molecule has 0 N–H and O–H groups in total. The van der Waals surface area contributed by atoms with E-state index >= 15 is 0 Å². The molecule has 0 saturated heterocycles. The van der Waals surface area contributed by atoms with Gasteiger partial charge in [0.25, 0.3) is 0 Å². The van der Waals surface area contributed by atoms with Crippen LogP contribution >= 0.6 is 0 Å². The lowest BCUT2D eigenvalue weighted by molar-refractivity contribution is 0.0975. The number of pyridine rings is 1. The zero-order valence-corrected chi connectivity index (χ0v) is 9.08. The monoisotopic (exact) mass is 191 g/mol. The van der Waals surface area contributed by atoms with Crippen molar-refractivity contribution in [1.82, 2.24) is 4.98 Å². The number of ketones is 1. The number of carbonyl (C=O) groups excluding carboxylic acids is 1. The zero-order chi connectivity index (χ0) is 10.6. The average molecular weight is 191 g/mol. The van der Waals surface area contributed by atoms with Crippen LogP contribution in [0.1, 0.15) is 42.7 Å². The van der Waals surface area contributed by atoms with E-state index in [1.165, 1.54) is 0 Å². The van der Waals surface area contributed by atoms with Crippen molar-refractivity contribution in [3.8, 4) is 0 Å². The van der Waals surface area contributed by atoms with E-state index in [9.17, 15) is 4.79 Å². The first kappa shape index (κ1) is 10.9. The zero-order valence-electron chi connectivity index (χ0n) is 9.08. The Labute approximate surface area is 85.4 Å². The number of hydrogen-bond acceptors (Lipinski definition) is 2. The molecule has 0 bridgehead atoms. The molecule has 0 fully saturated rings. The van der Waals surface area contributed by atoms with E-state index in [2.05, 4.69) is 18.8 Å². The van der Waals surface area contributed by atoms with Gasteiger partial charge in [0.15, 0.2) is 5.78 Å². The fourth-order valence-electron chi connectivity index (χ4n) is 1.20. The van der Waals surface area contributed by atoms with E-state index in [1.807, 2.05) is 19.1 Å². The fourth-order valence-corrected chi connectivity index (χ4v) is 1.20. The van der Waals surface area contributed by atoms with E-state index < -0.39 is 0 Å². The molecule has 0 aromatic carbocycles. The number of carbonyl (C=O) groups is 1. The van der Waals surface area contributed by atoms with Gasteiger partial charge in [0.05, 0.1) is 0 Å². The third-order valence-corrected chi connectivity index (χ3v) is 2.18. The first-order chi connectivity index (χ1) is 6.59. The standard InChI is InChI=1S/C12H17NO/c1-9(2)4-7-12(14)11-6-5-10(3)13-8-11/h5-6,8-9H,4,7H2,1-3H3. The first-order valence-electron chi connectivity index (χ1n) is 5.05. The molecule has 1 heterocycles. The molecule has 2 heteroatoms. The van der Waals surface area contributed by atoms with Crippen LogP contribution in [-0.4, -0.2) is 10.8 Å². The lowest BCUT2D eigenvalue weighted by Gasteiger charge is -2.03. The highest BCUT2D eigenvalue weighted by Gasteiger charge is 2.06. The number of Topliss-reactive ketones (excluding diaryl/α,β-unsaturated/α-hetero) is 1. The summed E-state index contributed by atoms with van der Waals surface area (Å²) < 4.78 is 0. The number of rotatable bonds is 4. The number of aromatic nitrogens is 1. The van der Waals surface area contributed by atoms with Crippen LogP contribution < -0.4 is 0 Å². The van der Waals surface area contributed by atoms with Crippen molar-refractivity contribution in [1.29, 1.82) is 0 Å². The average Bonchev–Trinajstić information content (AvgIpc) is 2.15. The lowest BCUT2D eigenvalue weighted by atomic mass is 10.0. The maximum absolute atomic E-state index is 11.6. The Morgan fingerprint density at radius 2 is 2.14 bits per heavy atom. The Kier molecular flexibility index (Phi) is 3.81. The summed E-state index contributed by atoms with van der Waals surface area (Å²) >= 11 is 0. The summed E-state index contributed by atoms with van der Waals surface area (Å²) in [5, 5.41) is 0. The van der Waals surface area contributed by atoms with Crippen molar-refractivity contribution in [2.24, 2.45) is 5.92 Å². The highest BCUT2D eigenvalue weighted by molar-refractivity contribution is 5.95. The van der Waals surface area contributed by atoms with Crippen LogP contribution in [0.4, 0.5) is 0 Å². The van der Waals surface area contributed by atoms with Gasteiger partial charge in [-0.2, -0.15) is 0 Å². The summed E-state index contributed by atoms with van der Waals surface area (Å²) in [5.41, 5.74) is 1.68. The van der Waals surface area contributed by atoms with Gasteiger partial charge < -0.3 is 0 Å². The highest BCUT2D eigenvalue weighted by Crippen LogP contribution is 2.09. The van der Waals surface area contributed by atoms with Gasteiger partial charge in [0, 0.05) is 23.9 Å². The van der Waals surface area contributed by atoms with E-state index in [0.717, 1.165) is 17.7 Å². The minimum atomic E-state index is 0.200. The van der Waals surface area contributed by atoms with Crippen LogP contribution in [0.25, 0.3) is 0 Å². The number of nitrogens with zero attached hydrogens (tertiary/aromatic N) is 1. The van der Waals surface area contributed by atoms with Gasteiger partial charge in [-0.1, -0.05) is 13.8 Å². The Morgan fingerprint density at radius 1 is 1.43 bits per heavy atom. The largest absolute Gasteiger partial charge is 0.294 e. The summed E-state index contributed by atoms with van der Waals surface area (Å²) in [6.45, 7) is 6.17. The normalized spacial score (nSPS) is 10.6. The third-order valence-electron chi connectivity index (χ3n) is 2.18. The van der Waals surface area contributed by atoms with Gasteiger partial charge >= 0.3 is 0 Å². The van der Waals surface area contributed by atoms with Gasteiger partial charge in [0.2, 0.25) is 0 Å². The molecule has 1 aromatic heterocycles. The molecule has 2 nitrogen and oxygen atoms in total. The van der Waals surface area contributed by atoms with Crippen LogP contribution in [0, 0.1) is 12.8 Å². The Balaban J connectivity index is 2.57. The summed E-state index contributed by atoms with van der Waals surface area (Å²) in [4.78, 5) is 15.7. The van der Waals surface area contributed by atoms with Crippen molar-refractivity contribution in [2.75, 3.05) is 0 Å². The van der Waals surface area contributed by atoms with Crippen molar-refractivity contribution >= 4 is 5.78 Å². The molecule has 0 saturated carbocycles. The van der Waals surface area contributed by atoms with Gasteiger partial charge in [-0.05, 0) is 31.4 Å². The molecule has 1 rings (SSSR count). The molecule has 0 unspecified atom stereocenters. The van der Waals surface area contributed by atoms with E-state index in [0.29, 0.717) is 12.3 Å². The Morgan fingerprint density at radius 3 is 2.64 bits per heavy atom. The quantitative estimate of drug-likeness (QED) is 0.685. The maximum Gasteiger partial charge on any atom is 0.164 e. The second-order valence-electron chi connectivity index (χ2n) is 4.04. The first-order valence-corrected chi connectivity index (χ1v) is 5.05. The predicted octanol–water partition coefficient (Wildman–Crippen LogP) is 3.01. The molecule has 76 valence electrons. The third kappa shape index (κ3) is 3.29. The van der Waals surface area contributed by atoms with Gasteiger partial charge in [-0.3, -0.25) is 9.78 Å². The molecule has 0 aliphatic rings. The van der Waals surface area contributed by atoms with E-state index in [1.54, 1.807) is 6.20 Å². The second kappa shape index (κ2) is 4.89. The van der Waals surface area contributed by atoms with Crippen molar-refractivity contribution in [2.45, 2.75) is 33.6 Å². The molecule has 0 amide bonds. The smallest absolute Gasteiger partial charge is 0.164 e. The second-order valence-corrected chi connectivity index (χ2v) is 4.04. The SMILES string of the molecule is Cc1ccc(C(=O)CCC(C)C)cn1. The molecule has 0 radical (unpaired) electrons. The number of hydrogen-bond donors (Lipinski definition) is 0.